The molecule has 0 aliphatic heterocycles. The van der Waals surface area contributed by atoms with E-state index < -0.39 is 0 Å². The summed E-state index contributed by atoms with van der Waals surface area (Å²) in [6.45, 7) is 0. The number of rotatable bonds is 0. The zero-order chi connectivity index (χ0) is 20.1. The van der Waals surface area contributed by atoms with Gasteiger partial charge < -0.3 is 0 Å². The molecule has 31 heavy (non-hydrogen) atoms. The lowest BCUT2D eigenvalue weighted by molar-refractivity contribution is 1.16. The fourth-order valence-corrected chi connectivity index (χ4v) is 5.98. The Kier molecular flexibility index (Phi) is 2.77. The summed E-state index contributed by atoms with van der Waals surface area (Å²) in [5, 5.41) is 3.83. The molecule has 2 aliphatic carbocycles. The van der Waals surface area contributed by atoms with Crippen LogP contribution in [0.5, 0.6) is 0 Å². The minimum Gasteiger partial charge on any atom is -0.299 e. The van der Waals surface area contributed by atoms with Gasteiger partial charge in [-0.3, -0.25) is 4.40 Å². The van der Waals surface area contributed by atoms with E-state index in [0.29, 0.717) is 0 Å². The number of hydrogen-bond donors (Lipinski definition) is 0. The molecular formula is C29H18N2. The summed E-state index contributed by atoms with van der Waals surface area (Å²) in [4.78, 5) is 4.73. The summed E-state index contributed by atoms with van der Waals surface area (Å²) in [5.41, 5.74) is 13.8. The van der Waals surface area contributed by atoms with E-state index in [1.807, 2.05) is 6.20 Å². The van der Waals surface area contributed by atoms with E-state index in [1.165, 1.54) is 66.2 Å². The number of nitrogens with zero attached hydrogens (tertiary/aromatic N) is 2. The highest BCUT2D eigenvalue weighted by molar-refractivity contribution is 6.13. The summed E-state index contributed by atoms with van der Waals surface area (Å²) in [6.07, 6.45) is 6.05. The predicted octanol–water partition coefficient (Wildman–Crippen LogP) is 6.78. The summed E-state index contributed by atoms with van der Waals surface area (Å²) in [6, 6.07) is 27.0. The van der Waals surface area contributed by atoms with Gasteiger partial charge in [0.05, 0.1) is 5.52 Å². The van der Waals surface area contributed by atoms with Crippen LogP contribution in [0.15, 0.2) is 85.2 Å². The van der Waals surface area contributed by atoms with E-state index in [2.05, 4.69) is 83.4 Å². The maximum atomic E-state index is 4.73. The van der Waals surface area contributed by atoms with Gasteiger partial charge in [0, 0.05) is 23.2 Å². The number of para-hydroxylation sites is 1. The van der Waals surface area contributed by atoms with Gasteiger partial charge in [0.1, 0.15) is 5.65 Å². The van der Waals surface area contributed by atoms with Crippen LogP contribution < -0.4 is 0 Å². The van der Waals surface area contributed by atoms with E-state index in [1.54, 1.807) is 0 Å². The molecule has 2 heteroatoms. The Morgan fingerprint density at radius 1 is 0.613 bits per heavy atom. The SMILES string of the molecule is c1ccc2c(c1)Cc1c-2ccc2c1Cc1cc3c4ccccc4n4ccnc4c3cc1-2. The van der Waals surface area contributed by atoms with Gasteiger partial charge in [0.15, 0.2) is 0 Å². The van der Waals surface area contributed by atoms with Gasteiger partial charge in [0.2, 0.25) is 0 Å². The summed E-state index contributed by atoms with van der Waals surface area (Å²) in [7, 11) is 0. The second kappa shape index (κ2) is 5.41. The minimum absolute atomic E-state index is 1.02. The number of fused-ring (bicyclic) bond motifs is 13. The van der Waals surface area contributed by atoms with E-state index in [9.17, 15) is 0 Å². The van der Waals surface area contributed by atoms with Gasteiger partial charge in [0.25, 0.3) is 0 Å². The first-order valence-corrected chi connectivity index (χ1v) is 10.9. The molecule has 2 nitrogen and oxygen atoms in total. The Bertz CT molecular complexity index is 1740. The Morgan fingerprint density at radius 3 is 2.32 bits per heavy atom. The van der Waals surface area contributed by atoms with Crippen LogP contribution in [0.3, 0.4) is 0 Å². The summed E-state index contributed by atoms with van der Waals surface area (Å²) < 4.78 is 2.22. The van der Waals surface area contributed by atoms with Crippen LogP contribution in [-0.2, 0) is 12.8 Å². The Hall–Kier alpha value is -3.91. The van der Waals surface area contributed by atoms with E-state index in [-0.39, 0.29) is 0 Å². The minimum atomic E-state index is 1.02. The van der Waals surface area contributed by atoms with Crippen molar-refractivity contribution in [2.45, 2.75) is 12.8 Å². The molecule has 0 radical (unpaired) electrons. The average molecular weight is 394 g/mol. The summed E-state index contributed by atoms with van der Waals surface area (Å²) >= 11 is 0. The van der Waals surface area contributed by atoms with Crippen molar-refractivity contribution in [2.75, 3.05) is 0 Å². The van der Waals surface area contributed by atoms with Gasteiger partial charge in [-0.2, -0.15) is 0 Å². The molecule has 0 bridgehead atoms. The average Bonchev–Trinajstić information content (AvgIpc) is 3.53. The summed E-state index contributed by atoms with van der Waals surface area (Å²) in [5.74, 6) is 0. The first-order valence-electron chi connectivity index (χ1n) is 10.9. The first-order chi connectivity index (χ1) is 15.4. The molecule has 0 saturated carbocycles. The zero-order valence-corrected chi connectivity index (χ0v) is 16.9. The molecule has 0 spiro atoms. The fraction of sp³-hybridized carbons (Fsp3) is 0.0690. The predicted molar refractivity (Wildman–Crippen MR) is 127 cm³/mol. The van der Waals surface area contributed by atoms with Crippen LogP contribution in [0.2, 0.25) is 0 Å². The van der Waals surface area contributed by atoms with Crippen molar-refractivity contribution in [2.24, 2.45) is 0 Å². The van der Waals surface area contributed by atoms with Crippen molar-refractivity contribution < 1.29 is 0 Å². The third-order valence-corrected chi connectivity index (χ3v) is 7.34. The molecule has 2 aromatic heterocycles. The fourth-order valence-electron chi connectivity index (χ4n) is 5.98. The van der Waals surface area contributed by atoms with Gasteiger partial charge in [-0.1, -0.05) is 54.6 Å². The Morgan fingerprint density at radius 2 is 1.39 bits per heavy atom. The molecule has 0 fully saturated rings. The largest absolute Gasteiger partial charge is 0.299 e. The van der Waals surface area contributed by atoms with Crippen LogP contribution in [0.1, 0.15) is 22.3 Å². The molecule has 0 N–H and O–H groups in total. The third-order valence-electron chi connectivity index (χ3n) is 7.34. The molecular weight excluding hydrogens is 376 g/mol. The van der Waals surface area contributed by atoms with Crippen LogP contribution in [0, 0.1) is 0 Å². The third kappa shape index (κ3) is 1.91. The number of hydrogen-bond acceptors (Lipinski definition) is 1. The van der Waals surface area contributed by atoms with Gasteiger partial charge in [-0.25, -0.2) is 4.98 Å². The van der Waals surface area contributed by atoms with Gasteiger partial charge >= 0.3 is 0 Å². The zero-order valence-electron chi connectivity index (χ0n) is 16.9. The van der Waals surface area contributed by atoms with E-state index in [0.717, 1.165) is 18.5 Å². The van der Waals surface area contributed by atoms with Crippen molar-refractivity contribution in [1.82, 2.24) is 9.38 Å². The molecule has 0 atom stereocenters. The highest BCUT2D eigenvalue weighted by atomic mass is 15.0. The second-order valence-corrected chi connectivity index (χ2v) is 8.82. The standard InChI is InChI=1S/C29H18N2/c1-2-6-19-17(5-1)13-24-20(19)9-10-21-23-16-27-26(15-18(23)14-25(21)24)22-7-3-4-8-28(22)31-12-11-30-29(27)31/h1-12,15-16H,13-14H2. The number of imidazole rings is 1. The van der Waals surface area contributed by atoms with Crippen molar-refractivity contribution in [1.29, 1.82) is 0 Å². The number of aromatic nitrogens is 2. The van der Waals surface area contributed by atoms with Gasteiger partial charge in [-0.15, -0.1) is 0 Å². The Labute approximate surface area is 179 Å². The van der Waals surface area contributed by atoms with Gasteiger partial charge in [-0.05, 0) is 80.9 Å². The number of benzene rings is 4. The highest BCUT2D eigenvalue weighted by Crippen LogP contribution is 2.47. The normalized spacial score (nSPS) is 13.5. The van der Waals surface area contributed by atoms with Crippen LogP contribution in [-0.4, -0.2) is 9.38 Å². The number of pyridine rings is 1. The van der Waals surface area contributed by atoms with Crippen LogP contribution >= 0.6 is 0 Å². The van der Waals surface area contributed by atoms with Crippen molar-refractivity contribution >= 4 is 27.3 Å². The lowest BCUT2D eigenvalue weighted by Crippen LogP contribution is -1.92. The van der Waals surface area contributed by atoms with Crippen LogP contribution in [0.25, 0.3) is 49.6 Å². The molecule has 0 saturated heterocycles. The molecule has 2 aliphatic rings. The molecule has 0 unspecified atom stereocenters. The lowest BCUT2D eigenvalue weighted by Gasteiger charge is -2.11. The van der Waals surface area contributed by atoms with E-state index in [4.69, 9.17) is 4.98 Å². The van der Waals surface area contributed by atoms with E-state index >= 15 is 0 Å². The smallest absolute Gasteiger partial charge is 0.145 e. The topological polar surface area (TPSA) is 17.3 Å². The lowest BCUT2D eigenvalue weighted by atomic mass is 9.96. The Balaban J connectivity index is 1.44. The maximum absolute atomic E-state index is 4.73. The monoisotopic (exact) mass is 394 g/mol. The maximum Gasteiger partial charge on any atom is 0.145 e. The molecule has 0 amide bonds. The quantitative estimate of drug-likeness (QED) is 0.259. The first kappa shape index (κ1) is 15.9. The highest BCUT2D eigenvalue weighted by Gasteiger charge is 2.28. The molecule has 2 heterocycles. The van der Waals surface area contributed by atoms with Crippen LogP contribution in [0.4, 0.5) is 0 Å². The van der Waals surface area contributed by atoms with Crippen molar-refractivity contribution in [3.8, 4) is 22.3 Å². The molecule has 6 aromatic rings. The van der Waals surface area contributed by atoms with Crippen molar-refractivity contribution in [3.63, 3.8) is 0 Å². The molecule has 144 valence electrons. The van der Waals surface area contributed by atoms with Crippen molar-refractivity contribution in [3.05, 3.63) is 107 Å². The molecule has 4 aromatic carbocycles. The molecule has 8 rings (SSSR count). The second-order valence-electron chi connectivity index (χ2n) is 8.82.